The lowest BCUT2D eigenvalue weighted by Crippen LogP contribution is -2.16. The molecule has 0 fully saturated rings. The maximum atomic E-state index is 13.1. The number of hydrogen-bond acceptors (Lipinski definition) is 3. The summed E-state index contributed by atoms with van der Waals surface area (Å²) in [5.74, 6) is -0.403. The van der Waals surface area contributed by atoms with Crippen LogP contribution in [0.3, 0.4) is 0 Å². The van der Waals surface area contributed by atoms with Crippen LogP contribution in [0.15, 0.2) is 79.4 Å². The third-order valence-corrected chi connectivity index (χ3v) is 4.65. The van der Waals surface area contributed by atoms with Crippen molar-refractivity contribution >= 4 is 11.6 Å². The Morgan fingerprint density at radius 1 is 1.00 bits per heavy atom. The normalized spacial score (nSPS) is 11.5. The number of amides is 1. The van der Waals surface area contributed by atoms with Gasteiger partial charge in [-0.25, -0.2) is 9.36 Å². The lowest BCUT2D eigenvalue weighted by atomic mass is 10.1. The Hall–Kier alpha value is -3.88. The van der Waals surface area contributed by atoms with Crippen LogP contribution < -0.4 is 5.32 Å². The van der Waals surface area contributed by atoms with E-state index in [1.165, 1.54) is 16.9 Å². The van der Waals surface area contributed by atoms with Crippen molar-refractivity contribution < 1.29 is 18.0 Å². The van der Waals surface area contributed by atoms with E-state index in [0.29, 0.717) is 12.1 Å². The summed E-state index contributed by atoms with van der Waals surface area (Å²) in [7, 11) is 0. The smallest absolute Gasteiger partial charge is 0.324 e. The van der Waals surface area contributed by atoms with Gasteiger partial charge in [0.15, 0.2) is 0 Å². The summed E-state index contributed by atoms with van der Waals surface area (Å²) in [6.07, 6.45) is 2.56. The molecule has 4 rings (SSSR count). The molecule has 31 heavy (non-hydrogen) atoms. The van der Waals surface area contributed by atoms with Crippen molar-refractivity contribution in [3.05, 3.63) is 90.5 Å². The second-order valence-electron chi connectivity index (χ2n) is 6.86. The van der Waals surface area contributed by atoms with Gasteiger partial charge in [-0.15, -0.1) is 0 Å². The number of carbonyl (C=O) groups is 1. The molecule has 1 N–H and O–H groups in total. The van der Waals surface area contributed by atoms with E-state index in [0.717, 1.165) is 23.4 Å². The monoisotopic (exact) mass is 425 g/mol. The summed E-state index contributed by atoms with van der Waals surface area (Å²) >= 11 is 0. The molecule has 1 amide bonds. The van der Waals surface area contributed by atoms with Crippen LogP contribution in [0.25, 0.3) is 11.4 Å². The topological polar surface area (TPSA) is 64.7 Å². The van der Waals surface area contributed by atoms with E-state index < -0.39 is 17.6 Å². The van der Waals surface area contributed by atoms with Gasteiger partial charge in [-0.1, -0.05) is 18.2 Å². The number of para-hydroxylation sites is 1. The lowest BCUT2D eigenvalue weighted by molar-refractivity contribution is -0.137. The number of aryl methyl sites for hydroxylation is 1. The van der Waals surface area contributed by atoms with Crippen LogP contribution in [0.2, 0.25) is 0 Å². The van der Waals surface area contributed by atoms with Gasteiger partial charge in [0, 0.05) is 25.0 Å². The Labute approximate surface area is 175 Å². The first-order chi connectivity index (χ1) is 14.9. The van der Waals surface area contributed by atoms with Crippen LogP contribution in [0, 0.1) is 0 Å². The van der Waals surface area contributed by atoms with Gasteiger partial charge in [-0.2, -0.15) is 23.4 Å². The Morgan fingerprint density at radius 2 is 1.81 bits per heavy atom. The second kappa shape index (κ2) is 8.47. The van der Waals surface area contributed by atoms with Crippen LogP contribution >= 0.6 is 0 Å². The number of rotatable bonds is 6. The van der Waals surface area contributed by atoms with Gasteiger partial charge in [0.1, 0.15) is 0 Å². The zero-order valence-corrected chi connectivity index (χ0v) is 16.3. The fourth-order valence-corrected chi connectivity index (χ4v) is 3.11. The predicted molar refractivity (Wildman–Crippen MR) is 109 cm³/mol. The Kier molecular flexibility index (Phi) is 5.57. The summed E-state index contributed by atoms with van der Waals surface area (Å²) < 4.78 is 42.5. The minimum absolute atomic E-state index is 0.0449. The third-order valence-electron chi connectivity index (χ3n) is 4.65. The molecule has 2 aromatic carbocycles. The second-order valence-corrected chi connectivity index (χ2v) is 6.86. The summed E-state index contributed by atoms with van der Waals surface area (Å²) in [6, 6.07) is 14.3. The van der Waals surface area contributed by atoms with E-state index in [1.54, 1.807) is 23.1 Å². The zero-order valence-electron chi connectivity index (χ0n) is 16.3. The molecule has 0 aliphatic heterocycles. The van der Waals surface area contributed by atoms with Crippen LogP contribution in [0.5, 0.6) is 0 Å². The van der Waals surface area contributed by atoms with Gasteiger partial charge < -0.3 is 5.32 Å². The molecule has 0 saturated heterocycles. The summed E-state index contributed by atoms with van der Waals surface area (Å²) in [5.41, 5.74) is 1.29. The van der Waals surface area contributed by atoms with E-state index in [4.69, 9.17) is 0 Å². The van der Waals surface area contributed by atoms with Crippen LogP contribution in [-0.2, 0) is 17.4 Å². The minimum atomic E-state index is -4.52. The van der Waals surface area contributed by atoms with E-state index >= 15 is 0 Å². The summed E-state index contributed by atoms with van der Waals surface area (Å²) in [6.45, 7) is 0. The molecular formula is C22H18F3N5O. The quantitative estimate of drug-likeness (QED) is 0.489. The van der Waals surface area contributed by atoms with Crippen molar-refractivity contribution in [1.29, 1.82) is 0 Å². The Morgan fingerprint density at radius 3 is 2.52 bits per heavy atom. The standard InChI is InChI=1S/C22H18F3N5O/c23-22(24,25)17-8-9-20(29-12-4-11-26-29)19(13-17)28-21(31)10-7-16-14-27-30(15-16)18-5-2-1-3-6-18/h1-6,8-9,11-15H,7,10H2,(H,28,31). The number of benzene rings is 2. The molecule has 4 aromatic rings. The lowest BCUT2D eigenvalue weighted by Gasteiger charge is -2.14. The van der Waals surface area contributed by atoms with E-state index in [-0.39, 0.29) is 12.1 Å². The third kappa shape index (κ3) is 4.82. The number of halogens is 3. The number of hydrogen-bond donors (Lipinski definition) is 1. The first-order valence-electron chi connectivity index (χ1n) is 9.50. The largest absolute Gasteiger partial charge is 0.416 e. The van der Waals surface area contributed by atoms with Crippen molar-refractivity contribution in [3.63, 3.8) is 0 Å². The van der Waals surface area contributed by atoms with Crippen molar-refractivity contribution in [2.45, 2.75) is 19.0 Å². The van der Waals surface area contributed by atoms with Gasteiger partial charge >= 0.3 is 6.18 Å². The number of nitrogens with zero attached hydrogens (tertiary/aromatic N) is 4. The number of nitrogens with one attached hydrogen (secondary N) is 1. The molecule has 2 heterocycles. The molecule has 0 spiro atoms. The highest BCUT2D eigenvalue weighted by Gasteiger charge is 2.31. The fourth-order valence-electron chi connectivity index (χ4n) is 3.11. The minimum Gasteiger partial charge on any atom is -0.324 e. The molecule has 9 heteroatoms. The number of alkyl halides is 3. The highest BCUT2D eigenvalue weighted by molar-refractivity contribution is 5.93. The van der Waals surface area contributed by atoms with Crippen molar-refractivity contribution in [1.82, 2.24) is 19.6 Å². The molecule has 0 atom stereocenters. The summed E-state index contributed by atoms with van der Waals surface area (Å²) in [4.78, 5) is 12.5. The molecule has 158 valence electrons. The SMILES string of the molecule is O=C(CCc1cnn(-c2ccccc2)c1)Nc1cc(C(F)(F)F)ccc1-n1cccn1. The molecule has 0 saturated carbocycles. The molecule has 2 aromatic heterocycles. The van der Waals surface area contributed by atoms with Crippen molar-refractivity contribution in [2.75, 3.05) is 5.32 Å². The molecule has 6 nitrogen and oxygen atoms in total. The predicted octanol–water partition coefficient (Wildman–Crippen LogP) is 4.65. The first kappa shape index (κ1) is 20.4. The Balaban J connectivity index is 1.47. The highest BCUT2D eigenvalue weighted by atomic mass is 19.4. The van der Waals surface area contributed by atoms with Crippen LogP contribution in [0.1, 0.15) is 17.5 Å². The molecule has 0 radical (unpaired) electrons. The van der Waals surface area contributed by atoms with Gasteiger partial charge in [-0.3, -0.25) is 4.79 Å². The number of aromatic nitrogens is 4. The van der Waals surface area contributed by atoms with Crippen molar-refractivity contribution in [2.24, 2.45) is 0 Å². The van der Waals surface area contributed by atoms with Crippen LogP contribution in [0.4, 0.5) is 18.9 Å². The summed E-state index contributed by atoms with van der Waals surface area (Å²) in [5, 5.41) is 10.9. The van der Waals surface area contributed by atoms with E-state index in [9.17, 15) is 18.0 Å². The molecule has 0 aliphatic rings. The van der Waals surface area contributed by atoms with Crippen molar-refractivity contribution in [3.8, 4) is 11.4 Å². The zero-order chi connectivity index (χ0) is 21.8. The molecule has 0 bridgehead atoms. The van der Waals surface area contributed by atoms with Gasteiger partial charge in [-0.05, 0) is 48.4 Å². The van der Waals surface area contributed by atoms with Gasteiger partial charge in [0.25, 0.3) is 0 Å². The Bertz CT molecular complexity index is 1170. The first-order valence-corrected chi connectivity index (χ1v) is 9.50. The molecule has 0 aliphatic carbocycles. The van der Waals surface area contributed by atoms with E-state index in [2.05, 4.69) is 15.5 Å². The fraction of sp³-hybridized carbons (Fsp3) is 0.136. The van der Waals surface area contributed by atoms with Crippen LogP contribution in [-0.4, -0.2) is 25.5 Å². The van der Waals surface area contributed by atoms with Gasteiger partial charge in [0.2, 0.25) is 5.91 Å². The van der Waals surface area contributed by atoms with E-state index in [1.807, 2.05) is 36.5 Å². The highest BCUT2D eigenvalue weighted by Crippen LogP contribution is 2.33. The average molecular weight is 425 g/mol. The number of carbonyl (C=O) groups excluding carboxylic acids is 1. The maximum Gasteiger partial charge on any atom is 0.416 e. The van der Waals surface area contributed by atoms with Gasteiger partial charge in [0.05, 0.1) is 28.8 Å². The maximum absolute atomic E-state index is 13.1. The molecular weight excluding hydrogens is 407 g/mol. The average Bonchev–Trinajstić information content (AvgIpc) is 3.45. The molecule has 0 unspecified atom stereocenters. The number of anilines is 1.